The van der Waals surface area contributed by atoms with Gasteiger partial charge in [0.1, 0.15) is 0 Å². The molecule has 0 aliphatic carbocycles. The van der Waals surface area contributed by atoms with Crippen LogP contribution in [0.4, 0.5) is 0 Å². The zero-order valence-corrected chi connectivity index (χ0v) is 13.2. The third kappa shape index (κ3) is 5.30. The van der Waals surface area contributed by atoms with E-state index in [4.69, 9.17) is 16.3 Å². The van der Waals surface area contributed by atoms with Gasteiger partial charge in [0.25, 0.3) is 0 Å². The summed E-state index contributed by atoms with van der Waals surface area (Å²) in [5.74, 6) is 0.128. The van der Waals surface area contributed by atoms with Crippen molar-refractivity contribution in [2.75, 3.05) is 33.4 Å². The van der Waals surface area contributed by atoms with Crippen LogP contribution in [0.3, 0.4) is 0 Å². The second-order valence-corrected chi connectivity index (χ2v) is 5.87. The number of nitrogens with zero attached hydrogens (tertiary/aromatic N) is 1. The molecule has 5 heteroatoms. The van der Waals surface area contributed by atoms with Crippen molar-refractivity contribution in [2.45, 2.75) is 25.3 Å². The van der Waals surface area contributed by atoms with Gasteiger partial charge >= 0.3 is 0 Å². The summed E-state index contributed by atoms with van der Waals surface area (Å²) in [5, 5.41) is 4.10. The van der Waals surface area contributed by atoms with Gasteiger partial charge in [0.05, 0.1) is 13.0 Å². The number of nitrogens with one attached hydrogen (secondary N) is 1. The molecule has 0 spiro atoms. The van der Waals surface area contributed by atoms with Crippen LogP contribution >= 0.6 is 11.6 Å². The second kappa shape index (κ2) is 8.37. The lowest BCUT2D eigenvalue weighted by Gasteiger charge is -2.26. The smallest absolute Gasteiger partial charge is 0.227 e. The molecule has 1 N–H and O–H groups in total. The van der Waals surface area contributed by atoms with Crippen LogP contribution in [0.1, 0.15) is 18.4 Å². The zero-order chi connectivity index (χ0) is 15.1. The maximum Gasteiger partial charge on any atom is 0.227 e. The average molecular weight is 311 g/mol. The average Bonchev–Trinajstić information content (AvgIpc) is 2.96. The minimum Gasteiger partial charge on any atom is -0.383 e. The lowest BCUT2D eigenvalue weighted by molar-refractivity contribution is -0.131. The molecule has 4 nitrogen and oxygen atoms in total. The molecule has 116 valence electrons. The highest BCUT2D eigenvalue weighted by molar-refractivity contribution is 6.30. The summed E-state index contributed by atoms with van der Waals surface area (Å²) in [5.41, 5.74) is 0.953. The van der Waals surface area contributed by atoms with Gasteiger partial charge in [0, 0.05) is 31.3 Å². The van der Waals surface area contributed by atoms with Gasteiger partial charge in [0.15, 0.2) is 0 Å². The first kappa shape index (κ1) is 16.3. The molecular weight excluding hydrogens is 288 g/mol. The Labute approximate surface area is 131 Å². The molecule has 1 aliphatic rings. The molecule has 1 aromatic carbocycles. The number of ether oxygens (including phenoxy) is 1. The number of rotatable bonds is 7. The number of hydrogen-bond acceptors (Lipinski definition) is 3. The van der Waals surface area contributed by atoms with E-state index in [-0.39, 0.29) is 5.91 Å². The van der Waals surface area contributed by atoms with Crippen LogP contribution in [0.2, 0.25) is 5.02 Å². The van der Waals surface area contributed by atoms with Gasteiger partial charge in [-0.3, -0.25) is 4.79 Å². The van der Waals surface area contributed by atoms with Gasteiger partial charge in [-0.2, -0.15) is 0 Å². The van der Waals surface area contributed by atoms with E-state index in [1.807, 2.05) is 29.2 Å². The summed E-state index contributed by atoms with van der Waals surface area (Å²) in [6.45, 7) is 3.00. The van der Waals surface area contributed by atoms with Crippen LogP contribution in [-0.2, 0) is 16.0 Å². The maximum atomic E-state index is 12.5. The number of methoxy groups -OCH3 is 1. The maximum absolute atomic E-state index is 12.5. The molecular formula is C16H23ClN2O2. The molecule has 1 amide bonds. The predicted molar refractivity (Wildman–Crippen MR) is 84.6 cm³/mol. The van der Waals surface area contributed by atoms with E-state index in [1.54, 1.807) is 7.11 Å². The van der Waals surface area contributed by atoms with E-state index < -0.39 is 0 Å². The molecule has 2 rings (SSSR count). The number of hydrogen-bond donors (Lipinski definition) is 1. The van der Waals surface area contributed by atoms with Crippen LogP contribution < -0.4 is 5.32 Å². The Balaban J connectivity index is 1.95. The van der Waals surface area contributed by atoms with Gasteiger partial charge in [-0.25, -0.2) is 0 Å². The van der Waals surface area contributed by atoms with Crippen LogP contribution in [-0.4, -0.2) is 50.2 Å². The van der Waals surface area contributed by atoms with Crippen molar-refractivity contribution in [1.82, 2.24) is 10.2 Å². The summed E-state index contributed by atoms with van der Waals surface area (Å²) in [7, 11) is 1.66. The van der Waals surface area contributed by atoms with Gasteiger partial charge in [-0.1, -0.05) is 23.7 Å². The standard InChI is InChI=1S/C16H23ClN2O2/c1-21-9-8-19(12-15-6-3-7-18-15)16(20)11-13-4-2-5-14(17)10-13/h2,4-5,10,15,18H,3,6-9,11-12H2,1H3. The Hall–Kier alpha value is -1.10. The summed E-state index contributed by atoms with van der Waals surface area (Å²) in [6, 6.07) is 7.89. The van der Waals surface area contributed by atoms with Gasteiger partial charge in [0.2, 0.25) is 5.91 Å². The molecule has 1 aromatic rings. The summed E-state index contributed by atoms with van der Waals surface area (Å²) in [4.78, 5) is 14.4. The van der Waals surface area contributed by atoms with Crippen molar-refractivity contribution in [3.05, 3.63) is 34.9 Å². The lowest BCUT2D eigenvalue weighted by Crippen LogP contribution is -2.43. The van der Waals surface area contributed by atoms with Crippen molar-refractivity contribution in [2.24, 2.45) is 0 Å². The molecule has 0 radical (unpaired) electrons. The minimum atomic E-state index is 0.128. The quantitative estimate of drug-likeness (QED) is 0.838. The minimum absolute atomic E-state index is 0.128. The summed E-state index contributed by atoms with van der Waals surface area (Å²) in [6.07, 6.45) is 2.70. The van der Waals surface area contributed by atoms with Crippen molar-refractivity contribution in [3.8, 4) is 0 Å². The third-order valence-corrected chi connectivity index (χ3v) is 4.00. The monoisotopic (exact) mass is 310 g/mol. The van der Waals surface area contributed by atoms with E-state index >= 15 is 0 Å². The Morgan fingerprint density at radius 1 is 1.52 bits per heavy atom. The number of halogens is 1. The van der Waals surface area contributed by atoms with Crippen LogP contribution in [0, 0.1) is 0 Å². The molecule has 0 aromatic heterocycles. The molecule has 21 heavy (non-hydrogen) atoms. The van der Waals surface area contributed by atoms with Crippen LogP contribution in [0.15, 0.2) is 24.3 Å². The molecule has 1 aliphatic heterocycles. The topological polar surface area (TPSA) is 41.6 Å². The van der Waals surface area contributed by atoms with Crippen molar-refractivity contribution in [3.63, 3.8) is 0 Å². The van der Waals surface area contributed by atoms with E-state index in [0.717, 1.165) is 25.1 Å². The number of carbonyl (C=O) groups excluding carboxylic acids is 1. The highest BCUT2D eigenvalue weighted by atomic mass is 35.5. The fraction of sp³-hybridized carbons (Fsp3) is 0.562. The van der Waals surface area contributed by atoms with Gasteiger partial charge < -0.3 is 15.0 Å². The van der Waals surface area contributed by atoms with Crippen molar-refractivity contribution in [1.29, 1.82) is 0 Å². The van der Waals surface area contributed by atoms with E-state index in [0.29, 0.717) is 30.6 Å². The van der Waals surface area contributed by atoms with Crippen molar-refractivity contribution >= 4 is 17.5 Å². The molecule has 1 unspecified atom stereocenters. The first-order chi connectivity index (χ1) is 10.2. The number of carbonyl (C=O) groups is 1. The fourth-order valence-corrected chi connectivity index (χ4v) is 2.84. The van der Waals surface area contributed by atoms with Gasteiger partial charge in [-0.15, -0.1) is 0 Å². The third-order valence-electron chi connectivity index (χ3n) is 3.77. The predicted octanol–water partition coefficient (Wildman–Crippen LogP) is 2.11. The first-order valence-electron chi connectivity index (χ1n) is 7.43. The number of benzene rings is 1. The number of amides is 1. The van der Waals surface area contributed by atoms with Gasteiger partial charge in [-0.05, 0) is 37.1 Å². The SMILES string of the molecule is COCCN(CC1CCCN1)C(=O)Cc1cccc(Cl)c1. The highest BCUT2D eigenvalue weighted by Gasteiger charge is 2.21. The molecule has 0 bridgehead atoms. The summed E-state index contributed by atoms with van der Waals surface area (Å²) >= 11 is 5.97. The molecule has 1 atom stereocenters. The van der Waals surface area contributed by atoms with Crippen molar-refractivity contribution < 1.29 is 9.53 Å². The largest absolute Gasteiger partial charge is 0.383 e. The molecule has 1 saturated heterocycles. The Kier molecular flexibility index (Phi) is 6.49. The summed E-state index contributed by atoms with van der Waals surface area (Å²) < 4.78 is 5.12. The molecule has 0 saturated carbocycles. The molecule has 1 heterocycles. The first-order valence-corrected chi connectivity index (χ1v) is 7.81. The lowest BCUT2D eigenvalue weighted by atomic mass is 10.1. The molecule has 1 fully saturated rings. The van der Waals surface area contributed by atoms with E-state index in [2.05, 4.69) is 5.32 Å². The normalized spacial score (nSPS) is 17.9. The Morgan fingerprint density at radius 2 is 2.38 bits per heavy atom. The van der Waals surface area contributed by atoms with E-state index in [9.17, 15) is 4.79 Å². The zero-order valence-electron chi connectivity index (χ0n) is 12.5. The van der Waals surface area contributed by atoms with E-state index in [1.165, 1.54) is 6.42 Å². The van der Waals surface area contributed by atoms with Crippen LogP contribution in [0.25, 0.3) is 0 Å². The Morgan fingerprint density at radius 3 is 3.05 bits per heavy atom. The highest BCUT2D eigenvalue weighted by Crippen LogP contribution is 2.13. The van der Waals surface area contributed by atoms with Crippen LogP contribution in [0.5, 0.6) is 0 Å². The fourth-order valence-electron chi connectivity index (χ4n) is 2.63. The second-order valence-electron chi connectivity index (χ2n) is 5.43. The Bertz CT molecular complexity index is 461.